The molecule has 6 heteroatoms. The number of nitrogens with one attached hydrogen (secondary N) is 1. The van der Waals surface area contributed by atoms with E-state index in [4.69, 9.17) is 0 Å². The normalized spacial score (nSPS) is 18.9. The highest BCUT2D eigenvalue weighted by atomic mass is 79.9. The summed E-state index contributed by atoms with van der Waals surface area (Å²) in [5.41, 5.74) is -0.0451. The molecule has 1 aromatic carbocycles. The minimum Gasteiger partial charge on any atom is -0.210 e. The van der Waals surface area contributed by atoms with Gasteiger partial charge in [-0.15, -0.1) is 0 Å². The van der Waals surface area contributed by atoms with Gasteiger partial charge in [-0.2, -0.15) is 0 Å². The molecule has 20 heavy (non-hydrogen) atoms. The molecule has 0 heterocycles. The summed E-state index contributed by atoms with van der Waals surface area (Å²) in [6, 6.07) is 5.46. The predicted octanol–water partition coefficient (Wildman–Crippen LogP) is 3.45. The monoisotopic (exact) mass is 363 g/mol. The van der Waals surface area contributed by atoms with E-state index in [1.165, 1.54) is 24.6 Å². The molecule has 0 radical (unpaired) electrons. The zero-order valence-electron chi connectivity index (χ0n) is 11.2. The Morgan fingerprint density at radius 3 is 2.45 bits per heavy atom. The van der Waals surface area contributed by atoms with Gasteiger partial charge in [0.15, 0.2) is 0 Å². The molecule has 3 nitrogen and oxygen atoms in total. The van der Waals surface area contributed by atoms with Gasteiger partial charge in [-0.1, -0.05) is 47.3 Å². The zero-order valence-corrected chi connectivity index (χ0v) is 13.6. The van der Waals surface area contributed by atoms with Crippen molar-refractivity contribution in [2.45, 2.75) is 37.0 Å². The smallest absolute Gasteiger partial charge is 0.210 e. The van der Waals surface area contributed by atoms with Crippen molar-refractivity contribution in [1.29, 1.82) is 0 Å². The molecule has 0 unspecified atom stereocenters. The van der Waals surface area contributed by atoms with Crippen molar-refractivity contribution >= 4 is 26.0 Å². The van der Waals surface area contributed by atoms with Crippen LogP contribution in [-0.2, 0) is 10.0 Å². The Labute approximate surface area is 128 Å². The van der Waals surface area contributed by atoms with Gasteiger partial charge in [0, 0.05) is 11.9 Å². The van der Waals surface area contributed by atoms with E-state index in [1.54, 1.807) is 0 Å². The molecule has 1 N–H and O–H groups in total. The highest BCUT2D eigenvalue weighted by Gasteiger charge is 2.32. The quantitative estimate of drug-likeness (QED) is 0.814. The highest BCUT2D eigenvalue weighted by Crippen LogP contribution is 2.37. The van der Waals surface area contributed by atoms with E-state index in [0.29, 0.717) is 6.54 Å². The summed E-state index contributed by atoms with van der Waals surface area (Å²) < 4.78 is 40.6. The fourth-order valence-corrected chi connectivity index (χ4v) is 4.64. The fourth-order valence-electron chi connectivity index (χ4n) is 2.65. The maximum absolute atomic E-state index is 13.6. The van der Waals surface area contributed by atoms with Gasteiger partial charge >= 0.3 is 0 Å². The van der Waals surface area contributed by atoms with Crippen LogP contribution in [0.1, 0.15) is 32.1 Å². The first kappa shape index (κ1) is 15.9. The molecule has 0 spiro atoms. The molecule has 1 aliphatic carbocycles. The van der Waals surface area contributed by atoms with Crippen LogP contribution in [0.4, 0.5) is 4.39 Å². The molecule has 0 aliphatic heterocycles. The van der Waals surface area contributed by atoms with E-state index < -0.39 is 15.8 Å². The number of halogens is 2. The van der Waals surface area contributed by atoms with Crippen molar-refractivity contribution in [3.63, 3.8) is 0 Å². The van der Waals surface area contributed by atoms with Crippen molar-refractivity contribution in [1.82, 2.24) is 4.72 Å². The van der Waals surface area contributed by atoms with E-state index in [1.807, 2.05) is 0 Å². The second-order valence-electron chi connectivity index (χ2n) is 5.45. The number of hydrogen-bond donors (Lipinski definition) is 1. The zero-order chi connectivity index (χ0) is 14.6. The Morgan fingerprint density at radius 2 is 1.85 bits per heavy atom. The summed E-state index contributed by atoms with van der Waals surface area (Å²) in [7, 11) is -3.78. The van der Waals surface area contributed by atoms with Crippen LogP contribution < -0.4 is 4.72 Å². The maximum Gasteiger partial charge on any atom is 0.243 e. The van der Waals surface area contributed by atoms with Crippen LogP contribution in [0.2, 0.25) is 0 Å². The average molecular weight is 364 g/mol. The topological polar surface area (TPSA) is 46.2 Å². The van der Waals surface area contributed by atoms with Crippen LogP contribution in [0.15, 0.2) is 29.2 Å². The Morgan fingerprint density at radius 1 is 1.20 bits per heavy atom. The van der Waals surface area contributed by atoms with Crippen molar-refractivity contribution < 1.29 is 12.8 Å². The number of alkyl halides is 1. The van der Waals surface area contributed by atoms with Crippen molar-refractivity contribution in [3.8, 4) is 0 Å². The first-order valence-corrected chi connectivity index (χ1v) is 9.40. The number of benzene rings is 1. The van der Waals surface area contributed by atoms with E-state index in [-0.39, 0.29) is 10.3 Å². The second-order valence-corrected chi connectivity index (χ2v) is 7.75. The molecule has 1 aliphatic rings. The van der Waals surface area contributed by atoms with Crippen LogP contribution in [0.25, 0.3) is 0 Å². The first-order chi connectivity index (χ1) is 9.49. The maximum atomic E-state index is 13.6. The summed E-state index contributed by atoms with van der Waals surface area (Å²) in [6.45, 7) is 0.356. The molecule has 1 aromatic rings. The van der Waals surface area contributed by atoms with Crippen molar-refractivity contribution in [2.75, 3.05) is 11.9 Å². The largest absolute Gasteiger partial charge is 0.243 e. The Bertz CT molecular complexity index is 556. The van der Waals surface area contributed by atoms with Crippen molar-refractivity contribution in [2.24, 2.45) is 5.41 Å². The van der Waals surface area contributed by atoms with Gasteiger partial charge in [-0.05, 0) is 30.4 Å². The van der Waals surface area contributed by atoms with Crippen LogP contribution in [0.5, 0.6) is 0 Å². The van der Waals surface area contributed by atoms with Gasteiger partial charge < -0.3 is 0 Å². The molecule has 0 amide bonds. The van der Waals surface area contributed by atoms with E-state index >= 15 is 0 Å². The lowest BCUT2D eigenvalue weighted by Crippen LogP contribution is -2.40. The van der Waals surface area contributed by atoms with E-state index in [0.717, 1.165) is 37.1 Å². The summed E-state index contributed by atoms with van der Waals surface area (Å²) >= 11 is 3.50. The summed E-state index contributed by atoms with van der Waals surface area (Å²) in [5.74, 6) is -0.712. The van der Waals surface area contributed by atoms with Crippen LogP contribution in [0.3, 0.4) is 0 Å². The molecular formula is C14H19BrFNO2S. The molecule has 112 valence electrons. The third-order valence-electron chi connectivity index (χ3n) is 3.96. The predicted molar refractivity (Wildman–Crippen MR) is 80.9 cm³/mol. The van der Waals surface area contributed by atoms with E-state index in [9.17, 15) is 12.8 Å². The molecule has 0 bridgehead atoms. The lowest BCUT2D eigenvalue weighted by atomic mass is 9.76. The van der Waals surface area contributed by atoms with Crippen LogP contribution >= 0.6 is 15.9 Å². The second kappa shape index (κ2) is 6.54. The average Bonchev–Trinajstić information content (AvgIpc) is 2.47. The van der Waals surface area contributed by atoms with Gasteiger partial charge in [0.05, 0.1) is 0 Å². The molecule has 0 saturated heterocycles. The lowest BCUT2D eigenvalue weighted by Gasteiger charge is -2.35. The fraction of sp³-hybridized carbons (Fsp3) is 0.571. The Kier molecular flexibility index (Phi) is 5.20. The van der Waals surface area contributed by atoms with Gasteiger partial charge in [0.25, 0.3) is 0 Å². The Balaban J connectivity index is 2.11. The van der Waals surface area contributed by atoms with Gasteiger partial charge in [0.1, 0.15) is 10.7 Å². The molecule has 0 aromatic heterocycles. The minimum absolute atomic E-state index is 0.0451. The third kappa shape index (κ3) is 3.59. The molecule has 1 saturated carbocycles. The lowest BCUT2D eigenvalue weighted by molar-refractivity contribution is 0.227. The van der Waals surface area contributed by atoms with E-state index in [2.05, 4.69) is 20.7 Å². The molecular weight excluding hydrogens is 345 g/mol. The summed E-state index contributed by atoms with van der Waals surface area (Å²) in [6.07, 6.45) is 5.44. The van der Waals surface area contributed by atoms with Crippen LogP contribution in [-0.4, -0.2) is 20.3 Å². The van der Waals surface area contributed by atoms with Gasteiger partial charge in [-0.25, -0.2) is 17.5 Å². The molecule has 2 rings (SSSR count). The Hall–Kier alpha value is -0.460. The summed E-state index contributed by atoms with van der Waals surface area (Å²) in [4.78, 5) is -0.277. The van der Waals surface area contributed by atoms with Gasteiger partial charge in [-0.3, -0.25) is 0 Å². The van der Waals surface area contributed by atoms with Crippen LogP contribution in [0, 0.1) is 11.2 Å². The van der Waals surface area contributed by atoms with Gasteiger partial charge in [0.2, 0.25) is 10.0 Å². The molecule has 0 atom stereocenters. The minimum atomic E-state index is -3.78. The highest BCUT2D eigenvalue weighted by molar-refractivity contribution is 9.09. The number of rotatable bonds is 5. The standard InChI is InChI=1S/C14H19BrFNO2S/c15-10-14(8-4-1-5-9-14)11-17-20(18,19)13-7-3-2-6-12(13)16/h2-3,6-7,17H,1,4-5,8-11H2. The molecule has 1 fully saturated rings. The SMILES string of the molecule is O=S(=O)(NCC1(CBr)CCCCC1)c1ccccc1F. The number of sulfonamides is 1. The third-order valence-corrected chi connectivity index (χ3v) is 6.59. The first-order valence-electron chi connectivity index (χ1n) is 6.79. The van der Waals surface area contributed by atoms with Crippen molar-refractivity contribution in [3.05, 3.63) is 30.1 Å². The number of hydrogen-bond acceptors (Lipinski definition) is 2. The summed E-state index contributed by atoms with van der Waals surface area (Å²) in [5, 5.41) is 0.764.